The third kappa shape index (κ3) is 4.77. The molecular weight excluding hydrogens is 440 g/mol. The van der Waals surface area contributed by atoms with Crippen molar-refractivity contribution in [1.82, 2.24) is 9.97 Å². The second kappa shape index (κ2) is 9.15. The molecule has 1 atom stereocenters. The number of aromatic nitrogens is 2. The van der Waals surface area contributed by atoms with Crippen LogP contribution < -0.4 is 0 Å². The van der Waals surface area contributed by atoms with Crippen molar-refractivity contribution in [2.75, 3.05) is 5.75 Å². The van der Waals surface area contributed by atoms with Crippen molar-refractivity contribution in [3.8, 4) is 0 Å². The van der Waals surface area contributed by atoms with Gasteiger partial charge in [0.1, 0.15) is 9.86 Å². The smallest absolute Gasteiger partial charge is 0.190 e. The Kier molecular flexibility index (Phi) is 6.76. The lowest BCUT2D eigenvalue weighted by atomic mass is 9.90. The van der Waals surface area contributed by atoms with Crippen LogP contribution in [0.25, 0.3) is 10.2 Å². The zero-order chi connectivity index (χ0) is 20.4. The first-order valence-corrected chi connectivity index (χ1v) is 13.1. The summed E-state index contributed by atoms with van der Waals surface area (Å²) in [7, 11) is 0. The van der Waals surface area contributed by atoms with Crippen LogP contribution in [0.15, 0.2) is 34.4 Å². The van der Waals surface area contributed by atoms with Crippen molar-refractivity contribution in [2.24, 2.45) is 0 Å². The predicted molar refractivity (Wildman–Crippen MR) is 127 cm³/mol. The minimum Gasteiger partial charge on any atom is -0.369 e. The monoisotopic (exact) mass is 464 g/mol. The fraction of sp³-hybridized carbons (Fsp3) is 0.455. The standard InChI is InChI=1S/C22H25ClN2OS3/c1-4-10-27-21-24-19(28-13-14-6-8-15(23)9-7-14)18-16-11-22(3,5-2)26-12-17(16)29-20(18)25-21/h6-9H,4-5,10-13H2,1-3H3/t22-/m0/s1. The number of hydrogen-bond donors (Lipinski definition) is 0. The summed E-state index contributed by atoms with van der Waals surface area (Å²) >= 11 is 11.4. The normalized spacial score (nSPS) is 18.9. The van der Waals surface area contributed by atoms with E-state index < -0.39 is 0 Å². The van der Waals surface area contributed by atoms with Gasteiger partial charge in [0.25, 0.3) is 0 Å². The molecule has 29 heavy (non-hydrogen) atoms. The summed E-state index contributed by atoms with van der Waals surface area (Å²) in [5.41, 5.74) is 2.54. The van der Waals surface area contributed by atoms with Crippen LogP contribution in [0.1, 0.15) is 49.6 Å². The van der Waals surface area contributed by atoms with Crippen LogP contribution in [0.3, 0.4) is 0 Å². The lowest BCUT2D eigenvalue weighted by molar-refractivity contribution is -0.0543. The Balaban J connectivity index is 1.72. The highest BCUT2D eigenvalue weighted by atomic mass is 35.5. The highest BCUT2D eigenvalue weighted by Crippen LogP contribution is 2.43. The van der Waals surface area contributed by atoms with Gasteiger partial charge in [-0.2, -0.15) is 0 Å². The molecular formula is C22H25ClN2OS3. The summed E-state index contributed by atoms with van der Waals surface area (Å²) in [6, 6.07) is 8.08. The van der Waals surface area contributed by atoms with Crippen molar-refractivity contribution in [3.63, 3.8) is 0 Å². The topological polar surface area (TPSA) is 35.0 Å². The van der Waals surface area contributed by atoms with Gasteiger partial charge in [-0.15, -0.1) is 23.1 Å². The highest BCUT2D eigenvalue weighted by molar-refractivity contribution is 7.99. The first-order chi connectivity index (χ1) is 14.0. The number of nitrogens with zero attached hydrogens (tertiary/aromatic N) is 2. The van der Waals surface area contributed by atoms with Crippen LogP contribution in [-0.4, -0.2) is 21.3 Å². The molecule has 0 unspecified atom stereocenters. The molecule has 4 rings (SSSR count). The average molecular weight is 465 g/mol. The van der Waals surface area contributed by atoms with Gasteiger partial charge in [0.2, 0.25) is 0 Å². The van der Waals surface area contributed by atoms with E-state index in [0.717, 1.165) is 50.8 Å². The highest BCUT2D eigenvalue weighted by Gasteiger charge is 2.33. The Morgan fingerprint density at radius 2 is 1.97 bits per heavy atom. The number of hydrogen-bond acceptors (Lipinski definition) is 6. The summed E-state index contributed by atoms with van der Waals surface area (Å²) in [5, 5.41) is 4.00. The zero-order valence-corrected chi connectivity index (χ0v) is 20.2. The predicted octanol–water partition coefficient (Wildman–Crippen LogP) is 7.38. The molecule has 0 N–H and O–H groups in total. The molecule has 1 aliphatic heterocycles. The molecule has 3 aromatic rings. The van der Waals surface area contributed by atoms with Crippen LogP contribution in [0.4, 0.5) is 0 Å². The van der Waals surface area contributed by atoms with Gasteiger partial charge in [0, 0.05) is 33.2 Å². The van der Waals surface area contributed by atoms with Crippen molar-refractivity contribution >= 4 is 56.7 Å². The van der Waals surface area contributed by atoms with E-state index in [4.69, 9.17) is 26.3 Å². The quantitative estimate of drug-likeness (QED) is 0.207. The number of halogens is 1. The van der Waals surface area contributed by atoms with E-state index in [0.29, 0.717) is 6.61 Å². The summed E-state index contributed by atoms with van der Waals surface area (Å²) in [6.45, 7) is 7.28. The van der Waals surface area contributed by atoms with E-state index in [1.54, 1.807) is 34.9 Å². The molecule has 0 saturated carbocycles. The first kappa shape index (κ1) is 21.4. The van der Waals surface area contributed by atoms with Crippen LogP contribution in [0.5, 0.6) is 0 Å². The molecule has 0 radical (unpaired) electrons. The van der Waals surface area contributed by atoms with E-state index in [2.05, 4.69) is 32.9 Å². The minimum atomic E-state index is -0.102. The van der Waals surface area contributed by atoms with Crippen LogP contribution in [-0.2, 0) is 23.5 Å². The van der Waals surface area contributed by atoms with Crippen LogP contribution in [0.2, 0.25) is 5.02 Å². The van der Waals surface area contributed by atoms with Gasteiger partial charge in [-0.05, 0) is 43.0 Å². The minimum absolute atomic E-state index is 0.102. The molecule has 3 heterocycles. The fourth-order valence-electron chi connectivity index (χ4n) is 3.34. The Morgan fingerprint density at radius 1 is 1.17 bits per heavy atom. The van der Waals surface area contributed by atoms with Gasteiger partial charge in [-0.3, -0.25) is 0 Å². The fourth-order valence-corrected chi connectivity index (χ4v) is 6.46. The molecule has 7 heteroatoms. The van der Waals surface area contributed by atoms with Gasteiger partial charge >= 0.3 is 0 Å². The maximum absolute atomic E-state index is 6.18. The Hall–Kier alpha value is -0.790. The molecule has 3 nitrogen and oxygen atoms in total. The number of thiophene rings is 1. The second-order valence-corrected chi connectivity index (χ2v) is 11.1. The Morgan fingerprint density at radius 3 is 2.69 bits per heavy atom. The number of rotatable bonds is 7. The van der Waals surface area contributed by atoms with Crippen LogP contribution >= 0.6 is 46.5 Å². The average Bonchev–Trinajstić information content (AvgIpc) is 3.09. The number of thioether (sulfide) groups is 2. The molecule has 0 bridgehead atoms. The molecule has 0 spiro atoms. The maximum atomic E-state index is 6.18. The van der Waals surface area contributed by atoms with Gasteiger partial charge < -0.3 is 4.74 Å². The van der Waals surface area contributed by atoms with Crippen molar-refractivity contribution in [1.29, 1.82) is 0 Å². The lowest BCUT2D eigenvalue weighted by Gasteiger charge is -2.33. The first-order valence-electron chi connectivity index (χ1n) is 9.97. The molecule has 0 aliphatic carbocycles. The molecule has 0 saturated heterocycles. The van der Waals surface area contributed by atoms with E-state index in [9.17, 15) is 0 Å². The van der Waals surface area contributed by atoms with Gasteiger partial charge in [-0.25, -0.2) is 9.97 Å². The van der Waals surface area contributed by atoms with E-state index in [-0.39, 0.29) is 5.60 Å². The second-order valence-electron chi connectivity index (χ2n) is 7.53. The summed E-state index contributed by atoms with van der Waals surface area (Å²) in [6.07, 6.45) is 3.05. The van der Waals surface area contributed by atoms with Gasteiger partial charge in [-0.1, -0.05) is 49.3 Å². The van der Waals surface area contributed by atoms with E-state index in [1.165, 1.54) is 21.4 Å². The van der Waals surface area contributed by atoms with Gasteiger partial charge in [0.05, 0.1) is 12.2 Å². The molecule has 0 amide bonds. The number of fused-ring (bicyclic) bond motifs is 3. The molecule has 1 aliphatic rings. The summed E-state index contributed by atoms with van der Waals surface area (Å²) in [4.78, 5) is 12.3. The third-order valence-electron chi connectivity index (χ3n) is 5.25. The van der Waals surface area contributed by atoms with E-state index in [1.807, 2.05) is 12.1 Å². The van der Waals surface area contributed by atoms with Crippen molar-refractivity contribution in [3.05, 3.63) is 45.3 Å². The number of ether oxygens (including phenoxy) is 1. The largest absolute Gasteiger partial charge is 0.369 e. The lowest BCUT2D eigenvalue weighted by Crippen LogP contribution is -2.33. The molecule has 154 valence electrons. The van der Waals surface area contributed by atoms with Crippen molar-refractivity contribution < 1.29 is 4.74 Å². The number of benzene rings is 1. The van der Waals surface area contributed by atoms with Crippen LogP contribution in [0, 0.1) is 0 Å². The SMILES string of the molecule is CCCSc1nc(SCc2ccc(Cl)cc2)c2c3c(sc2n1)CO[C@@](C)(CC)C3. The summed E-state index contributed by atoms with van der Waals surface area (Å²) < 4.78 is 6.18. The van der Waals surface area contributed by atoms with E-state index >= 15 is 0 Å². The zero-order valence-electron chi connectivity index (χ0n) is 17.0. The Bertz CT molecular complexity index is 1010. The Labute approximate surface area is 190 Å². The molecule has 1 aromatic carbocycles. The summed E-state index contributed by atoms with van der Waals surface area (Å²) in [5.74, 6) is 1.90. The van der Waals surface area contributed by atoms with Crippen molar-refractivity contribution in [2.45, 2.75) is 68.2 Å². The van der Waals surface area contributed by atoms with Gasteiger partial charge in [0.15, 0.2) is 5.16 Å². The maximum Gasteiger partial charge on any atom is 0.190 e. The molecule has 2 aromatic heterocycles. The molecule has 0 fully saturated rings. The third-order valence-corrected chi connectivity index (χ3v) is 8.71.